The molecular weight excluding hydrogens is 384 g/mol. The number of aliphatic hydroxyl groups is 1. The molecule has 5 aliphatic rings. The van der Waals surface area contributed by atoms with Gasteiger partial charge in [0.1, 0.15) is 5.75 Å². The summed E-state index contributed by atoms with van der Waals surface area (Å²) in [6.07, 6.45) is 4.84. The summed E-state index contributed by atoms with van der Waals surface area (Å²) in [7, 11) is 2.20. The molecule has 4 atom stereocenters. The number of para-hydroxylation sites is 1. The Kier molecular flexibility index (Phi) is 2.89. The summed E-state index contributed by atoms with van der Waals surface area (Å²) in [6, 6.07) is 11.4. The summed E-state index contributed by atoms with van der Waals surface area (Å²) >= 11 is 0. The topological polar surface area (TPSA) is 37.6 Å². The first-order chi connectivity index (χ1) is 15.0. The van der Waals surface area contributed by atoms with Gasteiger partial charge in [0.15, 0.2) is 6.10 Å². The predicted molar refractivity (Wildman–Crippen MR) is 120 cm³/mol. The van der Waals surface area contributed by atoms with Crippen molar-refractivity contribution >= 4 is 10.9 Å². The molecule has 3 aromatic rings. The number of aromatic nitrogens is 1. The third-order valence-corrected chi connectivity index (χ3v) is 9.54. The smallest absolute Gasteiger partial charge is 0.151 e. The van der Waals surface area contributed by atoms with Crippen LogP contribution in [0.2, 0.25) is 0 Å². The van der Waals surface area contributed by atoms with E-state index in [2.05, 4.69) is 53.8 Å². The van der Waals surface area contributed by atoms with Crippen LogP contribution in [0.4, 0.5) is 0 Å². The number of fused-ring (bicyclic) bond motifs is 4. The second-order valence-electron chi connectivity index (χ2n) is 10.7. The van der Waals surface area contributed by atoms with Crippen molar-refractivity contribution in [1.29, 1.82) is 0 Å². The zero-order chi connectivity index (χ0) is 20.7. The number of hydrogen-bond acceptors (Lipinski definition) is 3. The Hall–Kier alpha value is -2.30. The van der Waals surface area contributed by atoms with Crippen LogP contribution in [0.15, 0.2) is 30.3 Å². The molecule has 0 unspecified atom stereocenters. The van der Waals surface area contributed by atoms with Crippen LogP contribution < -0.4 is 4.74 Å². The van der Waals surface area contributed by atoms with E-state index in [1.54, 1.807) is 0 Å². The van der Waals surface area contributed by atoms with Crippen LogP contribution in [-0.2, 0) is 31.2 Å². The first-order valence-corrected chi connectivity index (χ1v) is 11.9. The molecule has 4 nitrogen and oxygen atoms in total. The van der Waals surface area contributed by atoms with E-state index in [-0.39, 0.29) is 17.6 Å². The van der Waals surface area contributed by atoms with Gasteiger partial charge in [0.2, 0.25) is 0 Å². The van der Waals surface area contributed by atoms with Crippen LogP contribution in [0.5, 0.6) is 5.75 Å². The fraction of sp³-hybridized carbons (Fsp3) is 0.481. The lowest BCUT2D eigenvalue weighted by molar-refractivity contribution is -0.168. The minimum atomic E-state index is -0.799. The minimum Gasteiger partial charge on any atom is -0.483 e. The van der Waals surface area contributed by atoms with E-state index in [4.69, 9.17) is 4.74 Å². The zero-order valence-electron chi connectivity index (χ0n) is 18.2. The van der Waals surface area contributed by atoms with E-state index in [0.29, 0.717) is 0 Å². The molecule has 0 amide bonds. The summed E-state index contributed by atoms with van der Waals surface area (Å²) in [4.78, 5) is 2.41. The maximum absolute atomic E-state index is 12.7. The van der Waals surface area contributed by atoms with Gasteiger partial charge in [-0.25, -0.2) is 0 Å². The lowest BCUT2D eigenvalue weighted by Gasteiger charge is -2.62. The Bertz CT molecular complexity index is 1320. The van der Waals surface area contributed by atoms with Crippen molar-refractivity contribution in [3.05, 3.63) is 63.8 Å². The molecule has 1 N–H and O–H groups in total. The first kappa shape index (κ1) is 17.3. The third kappa shape index (κ3) is 1.67. The van der Waals surface area contributed by atoms with E-state index in [1.807, 2.05) is 0 Å². The van der Waals surface area contributed by atoms with E-state index in [1.165, 1.54) is 50.8 Å². The van der Waals surface area contributed by atoms with Gasteiger partial charge in [-0.2, -0.15) is 0 Å². The normalized spacial score (nSPS) is 34.4. The van der Waals surface area contributed by atoms with Gasteiger partial charge in [-0.1, -0.05) is 30.3 Å². The quantitative estimate of drug-likeness (QED) is 0.610. The number of piperidine rings is 1. The number of hydrogen-bond donors (Lipinski definition) is 1. The van der Waals surface area contributed by atoms with Crippen LogP contribution >= 0.6 is 0 Å². The maximum Gasteiger partial charge on any atom is 0.151 e. The van der Waals surface area contributed by atoms with Gasteiger partial charge in [-0.3, -0.25) is 0 Å². The largest absolute Gasteiger partial charge is 0.483 e. The van der Waals surface area contributed by atoms with Gasteiger partial charge in [-0.15, -0.1) is 0 Å². The van der Waals surface area contributed by atoms with E-state index < -0.39 is 5.60 Å². The number of ether oxygens (including phenoxy) is 1. The Morgan fingerprint density at radius 1 is 1.13 bits per heavy atom. The molecule has 0 saturated carbocycles. The Labute approximate surface area is 182 Å². The number of rotatable bonds is 0. The van der Waals surface area contributed by atoms with Crippen molar-refractivity contribution in [2.24, 2.45) is 0 Å². The number of benzene rings is 2. The SMILES string of the molecule is Cc1ccc2c3c1O[C@H]1c4c(c5cccc6c5n4CCC6)C[C@@]4(O)[C@@H](C2)N(C)CC[C@]314. The molecule has 8 rings (SSSR count). The monoisotopic (exact) mass is 412 g/mol. The third-order valence-electron chi connectivity index (χ3n) is 9.54. The minimum absolute atomic E-state index is 0.0917. The summed E-state index contributed by atoms with van der Waals surface area (Å²) in [5.74, 6) is 1.06. The molecule has 3 aliphatic heterocycles. The Morgan fingerprint density at radius 2 is 2.03 bits per heavy atom. The highest BCUT2D eigenvalue weighted by Crippen LogP contribution is 2.68. The van der Waals surface area contributed by atoms with Crippen LogP contribution in [0, 0.1) is 6.92 Å². The molecule has 4 heteroatoms. The molecule has 2 bridgehead atoms. The lowest BCUT2D eigenvalue weighted by Crippen LogP contribution is -2.74. The van der Waals surface area contributed by atoms with Gasteiger partial charge in [-0.05, 0) is 68.5 Å². The molecule has 1 saturated heterocycles. The Morgan fingerprint density at radius 3 is 2.94 bits per heavy atom. The van der Waals surface area contributed by atoms with E-state index in [9.17, 15) is 5.11 Å². The van der Waals surface area contributed by atoms with Crippen molar-refractivity contribution in [3.8, 4) is 5.75 Å². The average Bonchev–Trinajstić information content (AvgIpc) is 3.27. The summed E-state index contributed by atoms with van der Waals surface area (Å²) in [5, 5.41) is 14.1. The van der Waals surface area contributed by atoms with Gasteiger partial charge in [0.05, 0.1) is 22.2 Å². The molecular formula is C27H28N2O2. The lowest BCUT2D eigenvalue weighted by atomic mass is 9.49. The number of likely N-dealkylation sites (tertiary alicyclic amines) is 1. The number of nitrogens with zero attached hydrogens (tertiary/aromatic N) is 2. The standard InChI is InChI=1S/C27H28N2O2/c1-15-8-9-17-13-20-27(30)14-19-18-7-3-5-16-6-4-11-29(22(16)18)23(19)25-26(27,10-12-28(20)2)21(17)24(15)31-25/h3,5,7-9,20,25,30H,4,6,10-14H2,1-2H3/t20-,25+,26+,27-/m1/s1. The second-order valence-corrected chi connectivity index (χ2v) is 10.7. The van der Waals surface area contributed by atoms with Gasteiger partial charge in [0, 0.05) is 30.0 Å². The second kappa shape index (κ2) is 5.19. The average molecular weight is 413 g/mol. The first-order valence-electron chi connectivity index (χ1n) is 11.9. The molecule has 4 heterocycles. The van der Waals surface area contributed by atoms with E-state index in [0.717, 1.165) is 44.5 Å². The molecule has 1 aromatic heterocycles. The molecule has 31 heavy (non-hydrogen) atoms. The molecule has 2 aliphatic carbocycles. The van der Waals surface area contributed by atoms with Crippen molar-refractivity contribution < 1.29 is 9.84 Å². The molecule has 158 valence electrons. The molecule has 1 fully saturated rings. The van der Waals surface area contributed by atoms with Crippen molar-refractivity contribution in [2.45, 2.75) is 68.7 Å². The number of aryl methyl sites for hydroxylation is 3. The predicted octanol–water partition coefficient (Wildman–Crippen LogP) is 3.81. The fourth-order valence-electron chi connectivity index (χ4n) is 8.26. The summed E-state index contributed by atoms with van der Waals surface area (Å²) in [5.41, 5.74) is 8.36. The summed E-state index contributed by atoms with van der Waals surface area (Å²) in [6.45, 7) is 4.24. The van der Waals surface area contributed by atoms with Crippen LogP contribution in [-0.4, -0.2) is 39.8 Å². The number of likely N-dealkylation sites (N-methyl/N-ethyl adjacent to an activating group) is 1. The van der Waals surface area contributed by atoms with Gasteiger partial charge < -0.3 is 19.3 Å². The van der Waals surface area contributed by atoms with E-state index >= 15 is 0 Å². The highest BCUT2D eigenvalue weighted by molar-refractivity contribution is 5.90. The van der Waals surface area contributed by atoms with Crippen molar-refractivity contribution in [3.63, 3.8) is 0 Å². The molecule has 2 aromatic carbocycles. The Balaban J connectivity index is 1.53. The van der Waals surface area contributed by atoms with Crippen LogP contribution in [0.25, 0.3) is 10.9 Å². The zero-order valence-corrected chi connectivity index (χ0v) is 18.2. The van der Waals surface area contributed by atoms with Crippen molar-refractivity contribution in [1.82, 2.24) is 9.47 Å². The van der Waals surface area contributed by atoms with Crippen molar-refractivity contribution in [2.75, 3.05) is 13.6 Å². The fourth-order valence-corrected chi connectivity index (χ4v) is 8.26. The van der Waals surface area contributed by atoms with Gasteiger partial charge >= 0.3 is 0 Å². The van der Waals surface area contributed by atoms with Crippen LogP contribution in [0.1, 0.15) is 52.5 Å². The highest BCUT2D eigenvalue weighted by Gasteiger charge is 2.72. The van der Waals surface area contributed by atoms with Crippen LogP contribution in [0.3, 0.4) is 0 Å². The highest BCUT2D eigenvalue weighted by atomic mass is 16.5. The molecule has 0 radical (unpaired) electrons. The maximum atomic E-state index is 12.7. The van der Waals surface area contributed by atoms with Gasteiger partial charge in [0.25, 0.3) is 0 Å². The molecule has 1 spiro atoms. The summed E-state index contributed by atoms with van der Waals surface area (Å²) < 4.78 is 9.55.